The topological polar surface area (TPSA) is 157 Å². The Morgan fingerprint density at radius 3 is 1.46 bits per heavy atom. The maximum Gasteiger partial charge on any atom is 0.378 e. The van der Waals surface area contributed by atoms with Crippen LogP contribution in [0.4, 0.5) is 8.78 Å². The normalized spacial score (nSPS) is 10.9. The van der Waals surface area contributed by atoms with Crippen LogP contribution in [0.3, 0.4) is 0 Å². The summed E-state index contributed by atoms with van der Waals surface area (Å²) in [6, 6.07) is 31.7. The molecular formula is C62H67BrF2N2O10S2Sn. The van der Waals surface area contributed by atoms with Crippen LogP contribution in [0.2, 0.25) is 13.3 Å². The zero-order valence-electron chi connectivity index (χ0n) is 45.7. The Morgan fingerprint density at radius 1 is 0.562 bits per heavy atom. The van der Waals surface area contributed by atoms with Crippen LogP contribution in [0.15, 0.2) is 157 Å². The van der Waals surface area contributed by atoms with Crippen LogP contribution < -0.4 is 23.4 Å². The quantitative estimate of drug-likeness (QED) is 0.0395. The maximum absolute atomic E-state index is 13.3. The molecule has 0 aliphatic rings. The molecule has 8 rings (SSSR count). The second-order valence-corrected chi connectivity index (χ2v) is 35.7. The van der Waals surface area contributed by atoms with Gasteiger partial charge in [0.1, 0.15) is 41.0 Å². The van der Waals surface area contributed by atoms with Gasteiger partial charge in [-0.3, -0.25) is 9.59 Å². The van der Waals surface area contributed by atoms with Gasteiger partial charge in [-0.15, -0.1) is 11.3 Å². The van der Waals surface area contributed by atoms with Gasteiger partial charge in [-0.25, -0.2) is 19.0 Å². The predicted octanol–water partition coefficient (Wildman–Crippen LogP) is 15.3. The van der Waals surface area contributed by atoms with E-state index in [0.717, 1.165) is 34.3 Å². The SMILES string of the molecule is CCC[CH2][Sn]([CH2]CCC)([CH2]CCC)[c]1ncc(Cc2ccc(F)cc2)s1.CCOC(=O)c1occ(-c2ncc(Cc3ccc(F)cc3)s2)c(=O)c1OCc1ccccc1.CCOC(=O)c1occ(Br)c(=O)c1OCc1ccccc1. The number of halogens is 3. The summed E-state index contributed by atoms with van der Waals surface area (Å²) in [4.78, 5) is 61.0. The summed E-state index contributed by atoms with van der Waals surface area (Å²) in [6.45, 7) is 10.8. The molecule has 12 nitrogen and oxygen atoms in total. The van der Waals surface area contributed by atoms with Crippen molar-refractivity contribution >= 4 is 71.9 Å². The number of aromatic nitrogens is 2. The number of hydrogen-bond acceptors (Lipinski definition) is 14. The van der Waals surface area contributed by atoms with Crippen molar-refractivity contribution in [3.05, 3.63) is 214 Å². The molecule has 0 spiro atoms. The average molecular weight is 1300 g/mol. The number of ether oxygens (including phenoxy) is 4. The van der Waals surface area contributed by atoms with Crippen molar-refractivity contribution in [3.8, 4) is 22.1 Å². The van der Waals surface area contributed by atoms with Gasteiger partial charge in [0, 0.05) is 17.5 Å². The summed E-state index contributed by atoms with van der Waals surface area (Å²) in [7, 11) is 0. The van der Waals surface area contributed by atoms with E-state index in [2.05, 4.69) is 47.9 Å². The first kappa shape index (κ1) is 62.9. The number of hydrogen-bond donors (Lipinski definition) is 0. The number of unbranched alkanes of at least 4 members (excludes halogenated alkanes) is 3. The van der Waals surface area contributed by atoms with E-state index < -0.39 is 41.2 Å². The fourth-order valence-corrected chi connectivity index (χ4v) is 29.3. The van der Waals surface area contributed by atoms with E-state index in [4.69, 9.17) is 32.8 Å². The Balaban J connectivity index is 0.000000199. The molecule has 0 radical (unpaired) electrons. The summed E-state index contributed by atoms with van der Waals surface area (Å²) in [6.07, 6.45) is 15.5. The smallest absolute Gasteiger partial charge is 0.378 e. The fourth-order valence-electron chi connectivity index (χ4n) is 8.42. The summed E-state index contributed by atoms with van der Waals surface area (Å²) < 4.78 is 64.1. The van der Waals surface area contributed by atoms with Crippen LogP contribution in [-0.2, 0) is 35.5 Å². The first-order valence-electron chi connectivity index (χ1n) is 26.9. The van der Waals surface area contributed by atoms with Crippen molar-refractivity contribution in [2.24, 2.45) is 0 Å². The fraction of sp³-hybridized carbons (Fsp3) is 0.323. The second kappa shape index (κ2) is 32.8. The zero-order chi connectivity index (χ0) is 57.3. The van der Waals surface area contributed by atoms with Crippen LogP contribution >= 0.6 is 38.6 Å². The third-order valence-electron chi connectivity index (χ3n) is 12.6. The van der Waals surface area contributed by atoms with Crippen molar-refractivity contribution in [2.45, 2.75) is 113 Å². The van der Waals surface area contributed by atoms with Gasteiger partial charge in [-0.1, -0.05) is 72.8 Å². The third kappa shape index (κ3) is 18.6. The van der Waals surface area contributed by atoms with Crippen LogP contribution in [-0.4, -0.2) is 53.5 Å². The van der Waals surface area contributed by atoms with Crippen molar-refractivity contribution in [1.82, 2.24) is 9.97 Å². The molecular weight excluding hydrogens is 1230 g/mol. The van der Waals surface area contributed by atoms with Crippen molar-refractivity contribution in [1.29, 1.82) is 0 Å². The number of thiazole rings is 2. The van der Waals surface area contributed by atoms with E-state index >= 15 is 0 Å². The van der Waals surface area contributed by atoms with Gasteiger partial charge in [-0.2, -0.15) is 0 Å². The number of carbonyl (C=O) groups excluding carboxylic acids is 2. The van der Waals surface area contributed by atoms with Gasteiger partial charge in [0.2, 0.25) is 22.4 Å². The van der Waals surface area contributed by atoms with Gasteiger partial charge in [0.25, 0.3) is 11.5 Å². The first-order chi connectivity index (χ1) is 38.8. The molecule has 4 aromatic carbocycles. The monoisotopic (exact) mass is 1300 g/mol. The van der Waals surface area contributed by atoms with Crippen LogP contribution in [0.5, 0.6) is 11.5 Å². The molecule has 0 N–H and O–H groups in total. The van der Waals surface area contributed by atoms with E-state index in [1.165, 1.54) is 92.0 Å². The molecule has 0 aliphatic heterocycles. The molecule has 8 aromatic rings. The minimum Gasteiger partial charge on any atom is -0.481 e. The molecule has 0 fully saturated rings. The van der Waals surface area contributed by atoms with Crippen LogP contribution in [0.1, 0.15) is 126 Å². The molecule has 80 heavy (non-hydrogen) atoms. The largest absolute Gasteiger partial charge is 0.481 e. The summed E-state index contributed by atoms with van der Waals surface area (Å²) in [5.41, 5.74) is 3.01. The predicted molar refractivity (Wildman–Crippen MR) is 317 cm³/mol. The van der Waals surface area contributed by atoms with E-state index in [9.17, 15) is 28.0 Å². The van der Waals surface area contributed by atoms with Crippen molar-refractivity contribution in [2.75, 3.05) is 13.2 Å². The van der Waals surface area contributed by atoms with Crippen LogP contribution in [0.25, 0.3) is 10.6 Å². The minimum atomic E-state index is -2.39. The van der Waals surface area contributed by atoms with E-state index in [0.29, 0.717) is 11.4 Å². The summed E-state index contributed by atoms with van der Waals surface area (Å²) in [5, 5.41) is 0.431. The second-order valence-electron chi connectivity index (χ2n) is 18.7. The van der Waals surface area contributed by atoms with E-state index in [-0.39, 0.29) is 71.1 Å². The Hall–Kier alpha value is -6.28. The molecule has 0 unspecified atom stereocenters. The average Bonchev–Trinajstić information content (AvgIpc) is 4.18. The molecule has 0 amide bonds. The van der Waals surface area contributed by atoms with Gasteiger partial charge >= 0.3 is 180 Å². The molecule has 0 saturated carbocycles. The Kier molecular flexibility index (Phi) is 25.8. The minimum absolute atomic E-state index is 0.0785. The first-order valence-corrected chi connectivity index (χ1v) is 36.8. The van der Waals surface area contributed by atoms with Gasteiger partial charge in [0.05, 0.1) is 18.8 Å². The van der Waals surface area contributed by atoms with E-state index in [1.54, 1.807) is 47.3 Å². The van der Waals surface area contributed by atoms with Crippen LogP contribution in [0, 0.1) is 11.6 Å². The number of benzene rings is 4. The molecule has 422 valence electrons. The molecule has 0 saturated heterocycles. The van der Waals surface area contributed by atoms with E-state index in [1.807, 2.05) is 84.1 Å². The Morgan fingerprint density at radius 2 is 1.00 bits per heavy atom. The molecule has 0 atom stereocenters. The standard InChI is InChI=1S/C25H20FNO5S.C15H13BrO5.C10H7FNS.3C4H9.Sn/c1-2-30-25(29)23-22(31-14-17-6-4-3-5-7-17)21(28)20(15-32-23)24-27-13-19(33-24)12-16-8-10-18(26)11-9-16;1-2-19-15(18)14-13(12(17)11(16)9-21-14)20-8-10-6-4-3-5-7-10;11-9-3-1-8(2-4-9)5-10-6-12-7-13-10;3*1-3-4-2;/h3-11,13,15H,2,12,14H2,1H3;3-7,9H,2,8H2,1H3;1-4,6H,5H2;3*1,3-4H2,2H3;. The summed E-state index contributed by atoms with van der Waals surface area (Å²) >= 11 is 3.96. The number of esters is 2. The maximum atomic E-state index is 13.3. The number of carbonyl (C=O) groups is 2. The molecule has 0 bridgehead atoms. The summed E-state index contributed by atoms with van der Waals surface area (Å²) in [5.74, 6) is -2.87. The van der Waals surface area contributed by atoms with Crippen molar-refractivity contribution < 1.29 is 46.2 Å². The van der Waals surface area contributed by atoms with Crippen molar-refractivity contribution in [3.63, 3.8) is 0 Å². The number of nitrogens with zero attached hydrogens (tertiary/aromatic N) is 2. The van der Waals surface area contributed by atoms with Gasteiger partial charge < -0.3 is 27.8 Å². The molecule has 18 heteroatoms. The third-order valence-corrected chi connectivity index (χ3v) is 33.0. The van der Waals surface area contributed by atoms with Gasteiger partial charge in [-0.05, 0) is 58.6 Å². The Bertz CT molecular complexity index is 3280. The molecule has 0 aliphatic carbocycles. The van der Waals surface area contributed by atoms with Gasteiger partial charge in [0.15, 0.2) is 0 Å². The molecule has 4 heterocycles. The zero-order valence-corrected chi connectivity index (χ0v) is 51.8. The Labute approximate surface area is 486 Å². The molecule has 4 aromatic heterocycles. The number of rotatable bonds is 25.